The van der Waals surface area contributed by atoms with Crippen molar-refractivity contribution in [1.29, 1.82) is 0 Å². The van der Waals surface area contributed by atoms with E-state index in [4.69, 9.17) is 9.47 Å². The minimum atomic E-state index is -4.05. The van der Waals surface area contributed by atoms with E-state index in [0.717, 1.165) is 11.6 Å². The smallest absolute Gasteiger partial charge is 0.289 e. The Hall–Kier alpha value is -3.44. The molecule has 0 spiro atoms. The summed E-state index contributed by atoms with van der Waals surface area (Å²) in [4.78, 5) is 24.3. The van der Waals surface area contributed by atoms with Gasteiger partial charge in [0.2, 0.25) is 15.9 Å². The van der Waals surface area contributed by atoms with Crippen LogP contribution < -0.4 is 9.47 Å². The zero-order valence-corrected chi connectivity index (χ0v) is 20.0. The average molecular weight is 490 g/mol. The number of hydrogen-bond acceptors (Lipinski definition) is 7. The van der Waals surface area contributed by atoms with Crippen molar-refractivity contribution < 1.29 is 27.6 Å². The SMILES string of the molecule is COc1cc(/C=C/C(=O)N2CCN(S(=O)(=O)c3ccccc3[N+](=O)[O-])CC2)ccc1OC(C)C. The van der Waals surface area contributed by atoms with E-state index in [1.807, 2.05) is 13.8 Å². The number of carbonyl (C=O) groups is 1. The second-order valence-corrected chi connectivity index (χ2v) is 9.77. The third-order valence-corrected chi connectivity index (χ3v) is 7.14. The Bertz CT molecular complexity index is 1190. The average Bonchev–Trinajstić information content (AvgIpc) is 2.82. The predicted octanol–water partition coefficient (Wildman–Crippen LogP) is 2.94. The van der Waals surface area contributed by atoms with Crippen LogP contribution in [0.3, 0.4) is 0 Å². The topological polar surface area (TPSA) is 119 Å². The van der Waals surface area contributed by atoms with Crippen LogP contribution in [0.15, 0.2) is 53.4 Å². The molecule has 1 aliphatic heterocycles. The molecule has 1 heterocycles. The number of piperazine rings is 1. The summed E-state index contributed by atoms with van der Waals surface area (Å²) < 4.78 is 38.1. The maximum Gasteiger partial charge on any atom is 0.289 e. The molecule has 11 heteroatoms. The summed E-state index contributed by atoms with van der Waals surface area (Å²) in [6.45, 7) is 4.27. The Kier molecular flexibility index (Phi) is 7.90. The summed E-state index contributed by atoms with van der Waals surface area (Å²) in [7, 11) is -2.51. The van der Waals surface area contributed by atoms with Gasteiger partial charge in [-0.25, -0.2) is 8.42 Å². The van der Waals surface area contributed by atoms with Crippen LogP contribution in [0, 0.1) is 10.1 Å². The summed E-state index contributed by atoms with van der Waals surface area (Å²) in [5.41, 5.74) is 0.281. The van der Waals surface area contributed by atoms with Crippen molar-refractivity contribution in [2.45, 2.75) is 24.8 Å². The molecule has 1 fully saturated rings. The molecule has 182 valence electrons. The monoisotopic (exact) mass is 489 g/mol. The van der Waals surface area contributed by atoms with Gasteiger partial charge in [-0.3, -0.25) is 14.9 Å². The van der Waals surface area contributed by atoms with Crippen LogP contribution in [0.1, 0.15) is 19.4 Å². The van der Waals surface area contributed by atoms with Crippen LogP contribution in [0.5, 0.6) is 11.5 Å². The van der Waals surface area contributed by atoms with Gasteiger partial charge in [-0.1, -0.05) is 18.2 Å². The normalized spacial score (nSPS) is 15.0. The first-order chi connectivity index (χ1) is 16.1. The number of hydrogen-bond donors (Lipinski definition) is 0. The summed E-state index contributed by atoms with van der Waals surface area (Å²) in [5, 5.41) is 11.2. The highest BCUT2D eigenvalue weighted by Gasteiger charge is 2.34. The highest BCUT2D eigenvalue weighted by Crippen LogP contribution is 2.30. The fourth-order valence-corrected chi connectivity index (χ4v) is 5.11. The lowest BCUT2D eigenvalue weighted by molar-refractivity contribution is -0.387. The first-order valence-electron chi connectivity index (χ1n) is 10.7. The maximum atomic E-state index is 12.9. The summed E-state index contributed by atoms with van der Waals surface area (Å²) in [6, 6.07) is 10.6. The number of nitrogens with zero attached hydrogens (tertiary/aromatic N) is 3. The molecule has 0 aliphatic carbocycles. The van der Waals surface area contributed by atoms with E-state index >= 15 is 0 Å². The fraction of sp³-hybridized carbons (Fsp3) is 0.348. The van der Waals surface area contributed by atoms with Crippen LogP contribution in [0.2, 0.25) is 0 Å². The molecule has 2 aromatic rings. The number of sulfonamides is 1. The molecule has 0 unspecified atom stereocenters. The number of carbonyl (C=O) groups excluding carboxylic acids is 1. The number of benzene rings is 2. The van der Waals surface area contributed by atoms with E-state index < -0.39 is 20.6 Å². The van der Waals surface area contributed by atoms with E-state index in [1.54, 1.807) is 31.4 Å². The fourth-order valence-electron chi connectivity index (χ4n) is 3.53. The number of ether oxygens (including phenoxy) is 2. The van der Waals surface area contributed by atoms with Crippen molar-refractivity contribution in [2.75, 3.05) is 33.3 Å². The van der Waals surface area contributed by atoms with E-state index in [9.17, 15) is 23.3 Å². The third kappa shape index (κ3) is 5.72. The largest absolute Gasteiger partial charge is 0.493 e. The highest BCUT2D eigenvalue weighted by molar-refractivity contribution is 7.89. The Balaban J connectivity index is 1.65. The standard InChI is InChI=1S/C23H27N3O7S/c1-17(2)33-20-10-8-18(16-21(20)32-3)9-11-23(27)24-12-14-25(15-13-24)34(30,31)22-7-5-4-6-19(22)26(28)29/h4-11,16-17H,12-15H2,1-3H3/b11-9+. The van der Waals surface area contributed by atoms with Gasteiger partial charge in [-0.05, 0) is 43.7 Å². The molecule has 34 heavy (non-hydrogen) atoms. The van der Waals surface area contributed by atoms with Crippen LogP contribution in [-0.2, 0) is 14.8 Å². The molecule has 0 N–H and O–H groups in total. The minimum absolute atomic E-state index is 0.00706. The molecule has 1 aliphatic rings. The molecule has 1 amide bonds. The van der Waals surface area contributed by atoms with Crippen molar-refractivity contribution in [2.24, 2.45) is 0 Å². The zero-order valence-electron chi connectivity index (χ0n) is 19.2. The summed E-state index contributed by atoms with van der Waals surface area (Å²) in [6.07, 6.45) is 3.07. The van der Waals surface area contributed by atoms with Crippen molar-refractivity contribution in [3.8, 4) is 11.5 Å². The molecular weight excluding hydrogens is 462 g/mol. The molecule has 0 bridgehead atoms. The van der Waals surface area contributed by atoms with Gasteiger partial charge in [0.1, 0.15) is 0 Å². The Morgan fingerprint density at radius 2 is 1.76 bits per heavy atom. The zero-order chi connectivity index (χ0) is 24.9. The molecule has 2 aromatic carbocycles. The first kappa shape index (κ1) is 25.2. The van der Waals surface area contributed by atoms with E-state index in [0.29, 0.717) is 11.5 Å². The molecule has 0 radical (unpaired) electrons. The molecule has 0 aromatic heterocycles. The van der Waals surface area contributed by atoms with Crippen molar-refractivity contribution in [1.82, 2.24) is 9.21 Å². The lowest BCUT2D eigenvalue weighted by atomic mass is 10.2. The molecule has 3 rings (SSSR count). The number of para-hydroxylation sites is 1. The molecule has 0 atom stereocenters. The van der Waals surface area contributed by atoms with Crippen molar-refractivity contribution in [3.05, 3.63) is 64.2 Å². The van der Waals surface area contributed by atoms with Gasteiger partial charge < -0.3 is 14.4 Å². The van der Waals surface area contributed by atoms with Crippen LogP contribution in [0.4, 0.5) is 5.69 Å². The van der Waals surface area contributed by atoms with Gasteiger partial charge in [-0.15, -0.1) is 0 Å². The first-order valence-corrected chi connectivity index (χ1v) is 12.1. The molecule has 0 saturated carbocycles. The maximum absolute atomic E-state index is 12.9. The van der Waals surface area contributed by atoms with Gasteiger partial charge in [0.15, 0.2) is 16.4 Å². The molecule has 1 saturated heterocycles. The Morgan fingerprint density at radius 1 is 1.09 bits per heavy atom. The second kappa shape index (κ2) is 10.7. The number of amides is 1. The molecular formula is C23H27N3O7S. The highest BCUT2D eigenvalue weighted by atomic mass is 32.2. The van der Waals surface area contributed by atoms with Gasteiger partial charge in [-0.2, -0.15) is 4.31 Å². The van der Waals surface area contributed by atoms with Crippen molar-refractivity contribution >= 4 is 27.7 Å². The number of rotatable bonds is 8. The van der Waals surface area contributed by atoms with Gasteiger partial charge >= 0.3 is 0 Å². The van der Waals surface area contributed by atoms with Gasteiger partial charge in [0.25, 0.3) is 5.69 Å². The summed E-state index contributed by atoms with van der Waals surface area (Å²) in [5.74, 6) is 0.901. The molecule has 10 nitrogen and oxygen atoms in total. The Morgan fingerprint density at radius 3 is 2.38 bits per heavy atom. The minimum Gasteiger partial charge on any atom is -0.493 e. The summed E-state index contributed by atoms with van der Waals surface area (Å²) >= 11 is 0. The lowest BCUT2D eigenvalue weighted by Crippen LogP contribution is -2.50. The number of nitro benzene ring substituents is 1. The van der Waals surface area contributed by atoms with Gasteiger partial charge in [0, 0.05) is 38.3 Å². The van der Waals surface area contributed by atoms with Crippen LogP contribution in [0.25, 0.3) is 6.08 Å². The third-order valence-electron chi connectivity index (χ3n) is 5.20. The van der Waals surface area contributed by atoms with E-state index in [-0.39, 0.29) is 43.1 Å². The van der Waals surface area contributed by atoms with Crippen molar-refractivity contribution in [3.63, 3.8) is 0 Å². The quantitative estimate of drug-likeness (QED) is 0.318. The Labute approximate surface area is 198 Å². The van der Waals surface area contributed by atoms with Crippen LogP contribution >= 0.6 is 0 Å². The number of methoxy groups -OCH3 is 1. The van der Waals surface area contributed by atoms with E-state index in [2.05, 4.69) is 0 Å². The van der Waals surface area contributed by atoms with Crippen LogP contribution in [-0.4, -0.2) is 67.8 Å². The van der Waals surface area contributed by atoms with Gasteiger partial charge in [0.05, 0.1) is 18.1 Å². The second-order valence-electron chi connectivity index (χ2n) is 7.86. The number of nitro groups is 1. The lowest BCUT2D eigenvalue weighted by Gasteiger charge is -2.33. The predicted molar refractivity (Wildman–Crippen MR) is 126 cm³/mol. The van der Waals surface area contributed by atoms with E-state index in [1.165, 1.54) is 33.5 Å².